The summed E-state index contributed by atoms with van der Waals surface area (Å²) < 4.78 is 16.2. The second-order valence-corrected chi connectivity index (χ2v) is 7.46. The Kier molecular flexibility index (Phi) is 9.21. The summed E-state index contributed by atoms with van der Waals surface area (Å²) in [5.41, 5.74) is 2.05. The smallest absolute Gasteiger partial charge is 0.338 e. The molecule has 5 nitrogen and oxygen atoms in total. The van der Waals surface area contributed by atoms with Crippen molar-refractivity contribution in [3.05, 3.63) is 47.0 Å². The largest absolute Gasteiger partial charge is 0.465 e. The Morgan fingerprint density at radius 3 is 2.46 bits per heavy atom. The normalized spacial score (nSPS) is 18.8. The molecule has 0 aromatic heterocycles. The fourth-order valence-electron chi connectivity index (χ4n) is 3.36. The molecule has 2 rings (SSSR count). The Morgan fingerprint density at radius 1 is 1.00 bits per heavy atom. The fraction of sp³-hybridized carbons (Fsp3) is 0.565. The van der Waals surface area contributed by atoms with Gasteiger partial charge >= 0.3 is 11.9 Å². The highest BCUT2D eigenvalue weighted by Crippen LogP contribution is 2.18. The fourth-order valence-corrected chi connectivity index (χ4v) is 3.36. The third-order valence-electron chi connectivity index (χ3n) is 4.93. The van der Waals surface area contributed by atoms with Gasteiger partial charge in [-0.25, -0.2) is 9.59 Å². The lowest BCUT2D eigenvalue weighted by Gasteiger charge is -2.20. The number of carbonyl (C=O) groups is 2. The topological polar surface area (TPSA) is 61.8 Å². The lowest BCUT2D eigenvalue weighted by atomic mass is 10.0. The summed E-state index contributed by atoms with van der Waals surface area (Å²) >= 11 is 0. The molecule has 0 spiro atoms. The molecule has 0 aliphatic heterocycles. The Balaban J connectivity index is 1.79. The standard InChI is InChI=1S/C23H32O5/c1-17(27-16-19-10-7-5-4-6-8-11-19)14-18(2)28-23(25)21-13-9-12-20(15-21)22(24)26-3/h9-10,12-13,15,17-18H,4-8,11,14,16H2,1-3H3/b19-10-/t17-,18-/m1/s1. The van der Waals surface area contributed by atoms with Crippen molar-refractivity contribution < 1.29 is 23.8 Å². The van der Waals surface area contributed by atoms with E-state index >= 15 is 0 Å². The summed E-state index contributed by atoms with van der Waals surface area (Å²) in [6.45, 7) is 4.52. The number of ether oxygens (including phenoxy) is 3. The number of allylic oxidation sites excluding steroid dienone is 1. The van der Waals surface area contributed by atoms with Gasteiger partial charge in [-0.05, 0) is 63.3 Å². The molecule has 154 valence electrons. The molecule has 1 aromatic carbocycles. The molecule has 0 bridgehead atoms. The molecule has 1 aliphatic carbocycles. The van der Waals surface area contributed by atoms with Crippen molar-refractivity contribution in [2.24, 2.45) is 0 Å². The second-order valence-electron chi connectivity index (χ2n) is 7.46. The van der Waals surface area contributed by atoms with Crippen LogP contribution in [0.5, 0.6) is 0 Å². The molecule has 0 saturated heterocycles. The number of carbonyl (C=O) groups excluding carboxylic acids is 2. The average Bonchev–Trinajstić information content (AvgIpc) is 2.66. The Labute approximate surface area is 168 Å². The van der Waals surface area contributed by atoms with Gasteiger partial charge in [-0.2, -0.15) is 0 Å². The predicted molar refractivity (Wildman–Crippen MR) is 108 cm³/mol. The van der Waals surface area contributed by atoms with Gasteiger partial charge in [-0.15, -0.1) is 0 Å². The van der Waals surface area contributed by atoms with E-state index in [9.17, 15) is 9.59 Å². The Bertz CT molecular complexity index is 679. The molecule has 1 aromatic rings. The molecular formula is C23H32O5. The van der Waals surface area contributed by atoms with Gasteiger partial charge in [0, 0.05) is 6.42 Å². The van der Waals surface area contributed by atoms with Gasteiger partial charge in [0.15, 0.2) is 0 Å². The number of esters is 2. The van der Waals surface area contributed by atoms with Crippen LogP contribution in [0.1, 0.15) is 79.5 Å². The zero-order valence-electron chi connectivity index (χ0n) is 17.2. The number of methoxy groups -OCH3 is 1. The van der Waals surface area contributed by atoms with Gasteiger partial charge in [0.25, 0.3) is 0 Å². The van der Waals surface area contributed by atoms with Gasteiger partial charge in [-0.3, -0.25) is 0 Å². The van der Waals surface area contributed by atoms with Crippen LogP contribution < -0.4 is 0 Å². The van der Waals surface area contributed by atoms with Crippen molar-refractivity contribution in [2.45, 2.75) is 71.0 Å². The summed E-state index contributed by atoms with van der Waals surface area (Å²) in [7, 11) is 1.31. The number of rotatable bonds is 8. The van der Waals surface area contributed by atoms with Crippen LogP contribution in [0.4, 0.5) is 0 Å². The first kappa shape index (κ1) is 22.2. The van der Waals surface area contributed by atoms with Crippen LogP contribution in [0.2, 0.25) is 0 Å². The maximum Gasteiger partial charge on any atom is 0.338 e. The van der Waals surface area contributed by atoms with Crippen molar-refractivity contribution in [3.63, 3.8) is 0 Å². The summed E-state index contributed by atoms with van der Waals surface area (Å²) in [5.74, 6) is -0.929. The first-order chi connectivity index (χ1) is 13.5. The zero-order valence-corrected chi connectivity index (χ0v) is 17.2. The highest BCUT2D eigenvalue weighted by atomic mass is 16.5. The van der Waals surface area contributed by atoms with Gasteiger partial charge in [0.1, 0.15) is 6.10 Å². The lowest BCUT2D eigenvalue weighted by molar-refractivity contribution is 0.00797. The van der Waals surface area contributed by atoms with E-state index in [1.165, 1.54) is 44.4 Å². The number of hydrogen-bond donors (Lipinski definition) is 0. The van der Waals surface area contributed by atoms with Gasteiger partial charge in [0.05, 0.1) is 30.9 Å². The van der Waals surface area contributed by atoms with Crippen LogP contribution in [-0.4, -0.2) is 37.9 Å². The number of hydrogen-bond acceptors (Lipinski definition) is 5. The van der Waals surface area contributed by atoms with Gasteiger partial charge in [-0.1, -0.05) is 25.0 Å². The van der Waals surface area contributed by atoms with Crippen LogP contribution in [0.15, 0.2) is 35.9 Å². The molecule has 0 saturated carbocycles. The minimum atomic E-state index is -0.478. The quantitative estimate of drug-likeness (QED) is 0.458. The third kappa shape index (κ3) is 7.47. The molecule has 1 aliphatic rings. The maximum atomic E-state index is 12.4. The first-order valence-electron chi connectivity index (χ1n) is 10.2. The lowest BCUT2D eigenvalue weighted by Crippen LogP contribution is -2.22. The molecule has 0 N–H and O–H groups in total. The molecule has 28 heavy (non-hydrogen) atoms. The van der Waals surface area contributed by atoms with Crippen molar-refractivity contribution in [2.75, 3.05) is 13.7 Å². The minimum absolute atomic E-state index is 0.00413. The van der Waals surface area contributed by atoms with E-state index in [1.807, 2.05) is 13.8 Å². The second kappa shape index (κ2) is 11.6. The van der Waals surface area contributed by atoms with Crippen LogP contribution in [0, 0.1) is 0 Å². The van der Waals surface area contributed by atoms with E-state index < -0.39 is 11.9 Å². The van der Waals surface area contributed by atoms with Crippen LogP contribution >= 0.6 is 0 Å². The highest BCUT2D eigenvalue weighted by Gasteiger charge is 2.17. The molecule has 2 atom stereocenters. The summed E-state index contributed by atoms with van der Waals surface area (Å²) in [6.07, 6.45) is 10.1. The van der Waals surface area contributed by atoms with Crippen LogP contribution in [-0.2, 0) is 14.2 Å². The predicted octanol–water partition coefficient (Wildman–Crippen LogP) is 5.09. The maximum absolute atomic E-state index is 12.4. The summed E-state index contributed by atoms with van der Waals surface area (Å²) in [6, 6.07) is 6.36. The van der Waals surface area contributed by atoms with E-state index in [2.05, 4.69) is 10.8 Å². The zero-order chi connectivity index (χ0) is 20.4. The van der Waals surface area contributed by atoms with Gasteiger partial charge in [0.2, 0.25) is 0 Å². The van der Waals surface area contributed by atoms with E-state index in [1.54, 1.807) is 18.2 Å². The minimum Gasteiger partial charge on any atom is -0.465 e. The molecule has 0 heterocycles. The van der Waals surface area contributed by atoms with Crippen molar-refractivity contribution >= 4 is 11.9 Å². The monoisotopic (exact) mass is 388 g/mol. The SMILES string of the molecule is COC(=O)c1cccc(C(=O)O[C@H](C)C[C@@H](C)OC/C2=C\CCCCCC2)c1. The molecular weight excluding hydrogens is 356 g/mol. The molecule has 0 unspecified atom stereocenters. The van der Waals surface area contributed by atoms with Crippen LogP contribution in [0.3, 0.4) is 0 Å². The van der Waals surface area contributed by atoms with E-state index in [0.717, 1.165) is 12.8 Å². The molecule has 5 heteroatoms. The average molecular weight is 389 g/mol. The van der Waals surface area contributed by atoms with Gasteiger partial charge < -0.3 is 14.2 Å². The first-order valence-corrected chi connectivity index (χ1v) is 10.2. The molecule has 0 radical (unpaired) electrons. The third-order valence-corrected chi connectivity index (χ3v) is 4.93. The Morgan fingerprint density at radius 2 is 1.71 bits per heavy atom. The van der Waals surface area contributed by atoms with E-state index in [4.69, 9.17) is 9.47 Å². The highest BCUT2D eigenvalue weighted by molar-refractivity contribution is 5.95. The van der Waals surface area contributed by atoms with E-state index in [0.29, 0.717) is 24.2 Å². The van der Waals surface area contributed by atoms with Crippen molar-refractivity contribution in [3.8, 4) is 0 Å². The van der Waals surface area contributed by atoms with Crippen molar-refractivity contribution in [1.82, 2.24) is 0 Å². The number of benzene rings is 1. The van der Waals surface area contributed by atoms with E-state index in [-0.39, 0.29) is 12.2 Å². The Hall–Kier alpha value is -2.14. The summed E-state index contributed by atoms with van der Waals surface area (Å²) in [5, 5.41) is 0. The summed E-state index contributed by atoms with van der Waals surface area (Å²) in [4.78, 5) is 24.0. The molecule has 0 amide bonds. The molecule has 0 fully saturated rings. The van der Waals surface area contributed by atoms with Crippen LogP contribution in [0.25, 0.3) is 0 Å². The van der Waals surface area contributed by atoms with Crippen molar-refractivity contribution in [1.29, 1.82) is 0 Å².